The van der Waals surface area contributed by atoms with Gasteiger partial charge in [-0.3, -0.25) is 0 Å². The van der Waals surface area contributed by atoms with E-state index >= 15 is 0 Å². The first-order chi connectivity index (χ1) is 5.65. The quantitative estimate of drug-likeness (QED) is 0.669. The Bertz CT molecular complexity index is 370. The van der Waals surface area contributed by atoms with E-state index in [1.807, 2.05) is 0 Å². The number of nitrogens with zero attached hydrogens (tertiary/aromatic N) is 2. The van der Waals surface area contributed by atoms with Crippen LogP contribution in [0.1, 0.15) is 16.1 Å². The number of halogens is 1. The average molecular weight is 166 g/mol. The first-order valence-corrected chi connectivity index (χ1v) is 2.94. The van der Waals surface area contributed by atoms with E-state index in [9.17, 15) is 9.18 Å². The summed E-state index contributed by atoms with van der Waals surface area (Å²) >= 11 is 0. The normalized spacial score (nSPS) is 9.00. The number of rotatable bonds is 1. The lowest BCUT2D eigenvalue weighted by Crippen LogP contribution is -2.03. The van der Waals surface area contributed by atoms with Crippen LogP contribution in [0.4, 0.5) is 4.39 Å². The molecule has 0 aliphatic heterocycles. The summed E-state index contributed by atoms with van der Waals surface area (Å²) in [6.45, 7) is 0. The average Bonchev–Trinajstić information content (AvgIpc) is 2.03. The molecule has 0 radical (unpaired) electrons. The van der Waals surface area contributed by atoms with Crippen molar-refractivity contribution >= 4 is 5.97 Å². The van der Waals surface area contributed by atoms with E-state index < -0.39 is 17.5 Å². The summed E-state index contributed by atoms with van der Waals surface area (Å²) in [5.74, 6) is -2.07. The molecule has 0 aromatic carbocycles. The second-order valence-corrected chi connectivity index (χ2v) is 1.97. The van der Waals surface area contributed by atoms with Crippen LogP contribution in [0.5, 0.6) is 0 Å². The van der Waals surface area contributed by atoms with Gasteiger partial charge in [-0.15, -0.1) is 0 Å². The van der Waals surface area contributed by atoms with Gasteiger partial charge in [-0.1, -0.05) is 0 Å². The molecule has 0 spiro atoms. The van der Waals surface area contributed by atoms with Crippen LogP contribution < -0.4 is 0 Å². The smallest absolute Gasteiger partial charge is 0.355 e. The highest BCUT2D eigenvalue weighted by Crippen LogP contribution is 2.06. The van der Waals surface area contributed by atoms with Crippen LogP contribution in [0, 0.1) is 17.1 Å². The number of hydrogen-bond acceptors (Lipinski definition) is 3. The molecule has 0 saturated carbocycles. The number of aromatic nitrogens is 1. The number of aromatic carboxylic acids is 1. The maximum Gasteiger partial charge on any atom is 0.355 e. The Labute approximate surface area is 66.9 Å². The van der Waals surface area contributed by atoms with Gasteiger partial charge in [0.15, 0.2) is 5.69 Å². The van der Waals surface area contributed by atoms with E-state index in [1.165, 1.54) is 6.07 Å². The summed E-state index contributed by atoms with van der Waals surface area (Å²) < 4.78 is 12.4. The zero-order chi connectivity index (χ0) is 9.14. The second kappa shape index (κ2) is 2.96. The molecule has 60 valence electrons. The van der Waals surface area contributed by atoms with Gasteiger partial charge in [-0.05, 0) is 6.07 Å². The van der Waals surface area contributed by atoms with E-state index in [4.69, 9.17) is 10.4 Å². The van der Waals surface area contributed by atoms with Gasteiger partial charge in [-0.2, -0.15) is 5.26 Å². The van der Waals surface area contributed by atoms with Crippen LogP contribution in [0.15, 0.2) is 12.3 Å². The monoisotopic (exact) mass is 166 g/mol. The Morgan fingerprint density at radius 2 is 2.42 bits per heavy atom. The van der Waals surface area contributed by atoms with Gasteiger partial charge < -0.3 is 5.11 Å². The molecule has 0 amide bonds. The minimum Gasteiger partial charge on any atom is -0.476 e. The maximum absolute atomic E-state index is 12.4. The van der Waals surface area contributed by atoms with Crippen LogP contribution >= 0.6 is 0 Å². The van der Waals surface area contributed by atoms with Crippen molar-refractivity contribution in [1.82, 2.24) is 4.98 Å². The number of carbonyl (C=O) groups is 1. The molecule has 0 bridgehead atoms. The minimum atomic E-state index is -1.34. The molecular weight excluding hydrogens is 163 g/mol. The highest BCUT2D eigenvalue weighted by Gasteiger charge is 2.11. The zero-order valence-electron chi connectivity index (χ0n) is 5.78. The summed E-state index contributed by atoms with van der Waals surface area (Å²) in [4.78, 5) is 13.6. The summed E-state index contributed by atoms with van der Waals surface area (Å²) in [5, 5.41) is 16.8. The molecule has 1 aromatic heterocycles. The Balaban J connectivity index is 3.32. The number of pyridine rings is 1. The molecule has 1 rings (SSSR count). The van der Waals surface area contributed by atoms with Gasteiger partial charge in [0.2, 0.25) is 0 Å². The van der Waals surface area contributed by atoms with Crippen molar-refractivity contribution < 1.29 is 14.3 Å². The minimum absolute atomic E-state index is 0.275. The molecule has 12 heavy (non-hydrogen) atoms. The zero-order valence-corrected chi connectivity index (χ0v) is 5.78. The molecule has 0 aliphatic rings. The molecule has 0 unspecified atom stereocenters. The maximum atomic E-state index is 12.4. The lowest BCUT2D eigenvalue weighted by molar-refractivity contribution is 0.0690. The second-order valence-electron chi connectivity index (χ2n) is 1.97. The number of nitriles is 1. The van der Waals surface area contributed by atoms with Crippen molar-refractivity contribution in [3.8, 4) is 6.07 Å². The Morgan fingerprint density at radius 1 is 1.75 bits per heavy atom. The molecule has 0 fully saturated rings. The molecule has 1 heterocycles. The Hall–Kier alpha value is -1.96. The summed E-state index contributed by atoms with van der Waals surface area (Å²) in [6.07, 6.45) is 0.754. The van der Waals surface area contributed by atoms with Crippen molar-refractivity contribution in [1.29, 1.82) is 5.26 Å². The van der Waals surface area contributed by atoms with Gasteiger partial charge in [0, 0.05) is 0 Å². The fraction of sp³-hybridized carbons (Fsp3) is 0. The third kappa shape index (κ3) is 1.37. The largest absolute Gasteiger partial charge is 0.476 e. The van der Waals surface area contributed by atoms with Gasteiger partial charge in [0.1, 0.15) is 11.9 Å². The number of carboxylic acids is 1. The number of carboxylic acid groups (broad SMARTS) is 1. The summed E-state index contributed by atoms with van der Waals surface area (Å²) in [5.41, 5.74) is -0.707. The lowest BCUT2D eigenvalue weighted by Gasteiger charge is -1.95. The van der Waals surface area contributed by atoms with Crippen molar-refractivity contribution in [3.63, 3.8) is 0 Å². The number of hydrogen-bond donors (Lipinski definition) is 1. The van der Waals surface area contributed by atoms with E-state index in [2.05, 4.69) is 4.98 Å². The van der Waals surface area contributed by atoms with Crippen LogP contribution in [0.3, 0.4) is 0 Å². The molecule has 0 atom stereocenters. The predicted molar refractivity (Wildman–Crippen MR) is 35.9 cm³/mol. The SMILES string of the molecule is N#Cc1cc(F)cnc1C(=O)O. The summed E-state index contributed by atoms with van der Waals surface area (Å²) in [7, 11) is 0. The highest BCUT2D eigenvalue weighted by atomic mass is 19.1. The van der Waals surface area contributed by atoms with E-state index in [0.29, 0.717) is 0 Å². The van der Waals surface area contributed by atoms with Crippen LogP contribution in [0.25, 0.3) is 0 Å². The van der Waals surface area contributed by atoms with Gasteiger partial charge in [0.05, 0.1) is 11.8 Å². The molecule has 5 heteroatoms. The highest BCUT2D eigenvalue weighted by molar-refractivity contribution is 5.88. The third-order valence-corrected chi connectivity index (χ3v) is 1.18. The first-order valence-electron chi connectivity index (χ1n) is 2.94. The van der Waals surface area contributed by atoms with Crippen molar-refractivity contribution in [2.45, 2.75) is 0 Å². The molecule has 0 saturated heterocycles. The van der Waals surface area contributed by atoms with E-state index in [-0.39, 0.29) is 5.56 Å². The van der Waals surface area contributed by atoms with Crippen molar-refractivity contribution in [2.75, 3.05) is 0 Å². The predicted octanol–water partition coefficient (Wildman–Crippen LogP) is 0.791. The fourth-order valence-corrected chi connectivity index (χ4v) is 0.695. The molecule has 1 aromatic rings. The summed E-state index contributed by atoms with van der Waals surface area (Å²) in [6, 6.07) is 2.36. The molecule has 1 N–H and O–H groups in total. The Kier molecular flexibility index (Phi) is 2.01. The lowest BCUT2D eigenvalue weighted by atomic mass is 10.2. The van der Waals surface area contributed by atoms with Gasteiger partial charge >= 0.3 is 5.97 Å². The van der Waals surface area contributed by atoms with Gasteiger partial charge in [0.25, 0.3) is 0 Å². The standard InChI is InChI=1S/C7H3FN2O2/c8-5-1-4(2-9)6(7(11)12)10-3-5/h1,3H,(H,11,12). The van der Waals surface area contributed by atoms with E-state index in [1.54, 1.807) is 0 Å². The topological polar surface area (TPSA) is 74.0 Å². The van der Waals surface area contributed by atoms with E-state index in [0.717, 1.165) is 12.3 Å². The van der Waals surface area contributed by atoms with Crippen molar-refractivity contribution in [3.05, 3.63) is 29.3 Å². The van der Waals surface area contributed by atoms with Crippen LogP contribution in [-0.2, 0) is 0 Å². The molecular formula is C7H3FN2O2. The van der Waals surface area contributed by atoms with Crippen LogP contribution in [0.2, 0.25) is 0 Å². The Morgan fingerprint density at radius 3 is 2.92 bits per heavy atom. The fourth-order valence-electron chi connectivity index (χ4n) is 0.695. The third-order valence-electron chi connectivity index (χ3n) is 1.18. The van der Waals surface area contributed by atoms with Gasteiger partial charge in [-0.25, -0.2) is 14.2 Å². The van der Waals surface area contributed by atoms with Crippen LogP contribution in [-0.4, -0.2) is 16.1 Å². The molecule has 0 aliphatic carbocycles. The first kappa shape index (κ1) is 8.14. The van der Waals surface area contributed by atoms with Crippen molar-refractivity contribution in [2.24, 2.45) is 0 Å². The molecule has 4 nitrogen and oxygen atoms in total.